The molecule has 6 heterocycles. The van der Waals surface area contributed by atoms with Crippen molar-refractivity contribution in [3.8, 4) is 45.3 Å². The topological polar surface area (TPSA) is 29.6 Å². The SMILES string of the molecule is c1ccc(-c2cccc(-n3c4ccccc4c4c5c6ccccc6n(-c6ccc7c8ccccc8c8ccccc8c7c6)c5ccc43)c2)cc1.c1ccc(-n2c3ccccc3c3c4c5ccccc5n(-c5cc6ccccc6c6ccccc56)c4ccc32)cc1.c1ccc(-n2c3ccccc3c3c4c5ccccc5n(-c5ccc6c7ccccc7c7ccccc7c6c5)c4ccc32)cc1. The summed E-state index contributed by atoms with van der Waals surface area (Å²) in [7, 11) is 0. The summed E-state index contributed by atoms with van der Waals surface area (Å²) in [5, 5.41) is 36.0. The predicted molar refractivity (Wildman–Crippen MR) is 571 cm³/mol. The van der Waals surface area contributed by atoms with E-state index in [1.165, 1.54) is 257 Å². The van der Waals surface area contributed by atoms with Gasteiger partial charge in [0.2, 0.25) is 0 Å². The zero-order valence-electron chi connectivity index (χ0n) is 72.9. The highest BCUT2D eigenvalue weighted by molar-refractivity contribution is 6.34. The maximum absolute atomic E-state index is 2.48. The Labute approximate surface area is 769 Å². The molecule has 0 N–H and O–H groups in total. The second-order valence-corrected chi connectivity index (χ2v) is 35.6. The van der Waals surface area contributed by atoms with E-state index in [1.807, 2.05) is 0 Å². The lowest BCUT2D eigenvalue weighted by molar-refractivity contribution is 1.17. The van der Waals surface area contributed by atoms with Crippen LogP contribution in [0.2, 0.25) is 0 Å². The first-order chi connectivity index (χ1) is 66.6. The van der Waals surface area contributed by atoms with Crippen molar-refractivity contribution in [3.05, 3.63) is 485 Å². The number of hydrogen-bond acceptors (Lipinski definition) is 0. The third-order valence-corrected chi connectivity index (χ3v) is 28.6. The smallest absolute Gasteiger partial charge is 0.0549 e. The highest BCUT2D eigenvalue weighted by Gasteiger charge is 2.27. The lowest BCUT2D eigenvalue weighted by Crippen LogP contribution is -1.96. The Bertz CT molecular complexity index is 10100. The van der Waals surface area contributed by atoms with Gasteiger partial charge in [-0.25, -0.2) is 0 Å². The largest absolute Gasteiger partial charge is 0.309 e. The number of para-hydroxylation sites is 8. The molecule has 622 valence electrons. The fourth-order valence-electron chi connectivity index (χ4n) is 23.1. The molecule has 24 aromatic carbocycles. The first-order valence-corrected chi connectivity index (χ1v) is 46.3. The lowest BCUT2D eigenvalue weighted by Gasteiger charge is -2.14. The van der Waals surface area contributed by atoms with Crippen LogP contribution in [0.4, 0.5) is 0 Å². The van der Waals surface area contributed by atoms with Gasteiger partial charge in [0.05, 0.1) is 71.9 Å². The first kappa shape index (κ1) is 75.2. The van der Waals surface area contributed by atoms with Crippen molar-refractivity contribution in [2.24, 2.45) is 0 Å². The van der Waals surface area contributed by atoms with Gasteiger partial charge in [-0.15, -0.1) is 0 Å². The Balaban J connectivity index is 0.000000101. The molecular formula is C128H80N6. The third-order valence-electron chi connectivity index (χ3n) is 28.6. The average Bonchev–Trinajstić information content (AvgIpc) is 1.55. The molecular weight excluding hydrogens is 1620 g/mol. The molecule has 0 aliphatic rings. The minimum atomic E-state index is 1.16. The predicted octanol–water partition coefficient (Wildman–Crippen LogP) is 34.5. The van der Waals surface area contributed by atoms with Crippen molar-refractivity contribution in [1.29, 1.82) is 0 Å². The van der Waals surface area contributed by atoms with Crippen LogP contribution in [0.25, 0.3) is 262 Å². The number of fused-ring (bicyclic) bond motifs is 36. The van der Waals surface area contributed by atoms with Crippen molar-refractivity contribution >= 4 is 217 Å². The summed E-state index contributed by atoms with van der Waals surface area (Å²) in [5.74, 6) is 0. The highest BCUT2D eigenvalue weighted by atomic mass is 15.0. The summed E-state index contributed by atoms with van der Waals surface area (Å²) >= 11 is 0. The van der Waals surface area contributed by atoms with Gasteiger partial charge >= 0.3 is 0 Å². The maximum Gasteiger partial charge on any atom is 0.0549 e. The van der Waals surface area contributed by atoms with Crippen LogP contribution in [0.1, 0.15) is 0 Å². The van der Waals surface area contributed by atoms with Gasteiger partial charge in [-0.05, 0) is 231 Å². The number of nitrogens with zero attached hydrogens (tertiary/aromatic N) is 6. The molecule has 0 aliphatic carbocycles. The van der Waals surface area contributed by atoms with E-state index in [4.69, 9.17) is 0 Å². The number of hydrogen-bond donors (Lipinski definition) is 0. The molecule has 0 atom stereocenters. The molecule has 0 saturated heterocycles. The Morgan fingerprint density at radius 3 is 0.672 bits per heavy atom. The van der Waals surface area contributed by atoms with E-state index in [0.29, 0.717) is 0 Å². The van der Waals surface area contributed by atoms with E-state index in [9.17, 15) is 0 Å². The van der Waals surface area contributed by atoms with Crippen LogP contribution in [0, 0.1) is 0 Å². The Morgan fingerprint density at radius 2 is 0.328 bits per heavy atom. The average molecular weight is 1700 g/mol. The number of rotatable bonds is 7. The van der Waals surface area contributed by atoms with Crippen LogP contribution in [0.3, 0.4) is 0 Å². The first-order valence-electron chi connectivity index (χ1n) is 46.3. The molecule has 6 heteroatoms. The summed E-state index contributed by atoms with van der Waals surface area (Å²) < 4.78 is 14.7. The lowest BCUT2D eigenvalue weighted by atomic mass is 9.94. The molecule has 134 heavy (non-hydrogen) atoms. The van der Waals surface area contributed by atoms with Crippen LogP contribution in [0.15, 0.2) is 485 Å². The van der Waals surface area contributed by atoms with Gasteiger partial charge in [0.1, 0.15) is 0 Å². The molecule has 0 aliphatic heterocycles. The van der Waals surface area contributed by atoms with E-state index in [0.717, 1.165) is 5.69 Å². The Morgan fingerprint density at radius 1 is 0.104 bits per heavy atom. The fourth-order valence-corrected chi connectivity index (χ4v) is 23.1. The van der Waals surface area contributed by atoms with Gasteiger partial charge in [-0.1, -0.05) is 346 Å². The summed E-state index contributed by atoms with van der Waals surface area (Å²) in [6, 6.07) is 177. The second kappa shape index (κ2) is 29.9. The van der Waals surface area contributed by atoms with Crippen molar-refractivity contribution in [2.45, 2.75) is 0 Å². The van der Waals surface area contributed by atoms with E-state index in [-0.39, 0.29) is 0 Å². The summed E-state index contributed by atoms with van der Waals surface area (Å²) in [6.07, 6.45) is 0. The standard InChI is InChI=1S/C48H30N2.C42H26N2.C38H24N2/c1-2-13-31(14-3-1)32-15-12-16-33(29-32)49-43-23-10-8-21-40(43)47-45(49)27-28-46-48(47)41-22-9-11-24-44(41)50(46)34-25-26-39-37-19-5-4-17-35(37)36-18-6-7-20-38(36)42(39)30-34;1-2-12-27(13-3-1)43-37-20-10-8-18-34(37)41-39(43)24-25-40-42(41)35-19-9-11-21-38(35)44(40)28-22-23-33-31-16-5-4-14-29(31)30-15-6-7-17-32(30)36(33)26-28;1-2-13-26(14-3-1)39-32-20-10-8-18-30(32)37-34(39)22-23-35-38(37)31-19-9-11-21-33(31)40(35)36-24-25-12-4-5-15-27(25)28-16-6-7-17-29(28)36/h1-30H;1-26H;1-24H. The van der Waals surface area contributed by atoms with Gasteiger partial charge in [0.25, 0.3) is 0 Å². The van der Waals surface area contributed by atoms with Gasteiger partial charge in [-0.2, -0.15) is 0 Å². The summed E-state index contributed by atoms with van der Waals surface area (Å²) in [5.41, 5.74) is 24.1. The third kappa shape index (κ3) is 11.2. The zero-order chi connectivity index (χ0) is 87.7. The molecule has 30 rings (SSSR count). The van der Waals surface area contributed by atoms with Crippen LogP contribution in [0.5, 0.6) is 0 Å². The molecule has 0 spiro atoms. The fraction of sp³-hybridized carbons (Fsp3) is 0. The van der Waals surface area contributed by atoms with Crippen molar-refractivity contribution in [2.75, 3.05) is 0 Å². The molecule has 0 bridgehead atoms. The molecule has 0 amide bonds. The van der Waals surface area contributed by atoms with Crippen molar-refractivity contribution in [1.82, 2.24) is 27.4 Å². The van der Waals surface area contributed by atoms with Gasteiger partial charge in [0, 0.05) is 98.5 Å². The quantitative estimate of drug-likeness (QED) is 0.142. The molecule has 30 aromatic rings. The normalized spacial score (nSPS) is 12.0. The summed E-state index contributed by atoms with van der Waals surface area (Å²) in [4.78, 5) is 0. The Hall–Kier alpha value is -17.8. The van der Waals surface area contributed by atoms with E-state index < -0.39 is 0 Å². The van der Waals surface area contributed by atoms with E-state index in [1.54, 1.807) is 0 Å². The van der Waals surface area contributed by atoms with Crippen LogP contribution < -0.4 is 0 Å². The van der Waals surface area contributed by atoms with Crippen molar-refractivity contribution < 1.29 is 0 Å². The molecule has 6 nitrogen and oxygen atoms in total. The van der Waals surface area contributed by atoms with Gasteiger partial charge in [0.15, 0.2) is 0 Å². The number of aromatic nitrogens is 6. The van der Waals surface area contributed by atoms with E-state index in [2.05, 4.69) is 513 Å². The number of benzene rings is 24. The second-order valence-electron chi connectivity index (χ2n) is 35.6. The van der Waals surface area contributed by atoms with Gasteiger partial charge in [-0.3, -0.25) is 0 Å². The molecule has 6 aromatic heterocycles. The monoisotopic (exact) mass is 1700 g/mol. The van der Waals surface area contributed by atoms with Crippen molar-refractivity contribution in [3.63, 3.8) is 0 Å². The van der Waals surface area contributed by atoms with Crippen LogP contribution in [-0.2, 0) is 0 Å². The molecule has 0 saturated carbocycles. The zero-order valence-corrected chi connectivity index (χ0v) is 72.9. The minimum absolute atomic E-state index is 1.16. The molecule has 0 radical (unpaired) electrons. The van der Waals surface area contributed by atoms with Crippen LogP contribution >= 0.6 is 0 Å². The highest BCUT2D eigenvalue weighted by Crippen LogP contribution is 2.50. The molecule has 0 unspecified atom stereocenters. The molecule has 0 fully saturated rings. The van der Waals surface area contributed by atoms with Crippen LogP contribution in [-0.4, -0.2) is 27.4 Å². The van der Waals surface area contributed by atoms with E-state index >= 15 is 0 Å². The van der Waals surface area contributed by atoms with Gasteiger partial charge < -0.3 is 27.4 Å². The minimum Gasteiger partial charge on any atom is -0.309 e. The Kier molecular flexibility index (Phi) is 16.8. The maximum atomic E-state index is 2.48. The summed E-state index contributed by atoms with van der Waals surface area (Å²) in [6.45, 7) is 0.